The van der Waals surface area contributed by atoms with Crippen LogP contribution in [-0.4, -0.2) is 15.9 Å². The summed E-state index contributed by atoms with van der Waals surface area (Å²) in [7, 11) is 0. The maximum absolute atomic E-state index is 13.2. The molecule has 0 radical (unpaired) electrons. The first-order valence-corrected chi connectivity index (χ1v) is 8.69. The molecule has 0 aliphatic rings. The van der Waals surface area contributed by atoms with Crippen LogP contribution in [0.2, 0.25) is 0 Å². The largest absolute Gasteiger partial charge is 0.489 e. The average molecular weight is 374 g/mol. The number of allylic oxidation sites excluding steroid dienone is 2. The van der Waals surface area contributed by atoms with Crippen LogP contribution in [0.5, 0.6) is 5.75 Å². The third-order valence-corrected chi connectivity index (χ3v) is 3.85. The van der Waals surface area contributed by atoms with Crippen LogP contribution in [0.4, 0.5) is 4.39 Å². The van der Waals surface area contributed by atoms with E-state index in [2.05, 4.69) is 10.1 Å². The molecule has 0 fully saturated rings. The molecular weight excluding hydrogens is 355 g/mol. The van der Waals surface area contributed by atoms with Gasteiger partial charge in [-0.3, -0.25) is 4.98 Å². The van der Waals surface area contributed by atoms with Gasteiger partial charge in [-0.05, 0) is 65.8 Å². The van der Waals surface area contributed by atoms with Gasteiger partial charge in [-0.1, -0.05) is 41.6 Å². The Morgan fingerprint density at radius 1 is 1.00 bits per heavy atom. The fourth-order valence-corrected chi connectivity index (χ4v) is 2.42. The van der Waals surface area contributed by atoms with Crippen LogP contribution in [0, 0.1) is 5.82 Å². The standard InChI is InChI=1S/C23H19FN2O2/c24-20-5-3-4-19(16-20)17-28-23-13-8-18(9-14-23)7-10-22(26-27)12-11-21-6-1-2-15-25-21/h1-16,27H,17H2. The maximum Gasteiger partial charge on any atom is 0.123 e. The van der Waals surface area contributed by atoms with Gasteiger partial charge in [-0.15, -0.1) is 0 Å². The number of benzene rings is 2. The Morgan fingerprint density at radius 2 is 1.82 bits per heavy atom. The van der Waals surface area contributed by atoms with Crippen LogP contribution >= 0.6 is 0 Å². The normalized spacial score (nSPS) is 12.0. The van der Waals surface area contributed by atoms with Crippen molar-refractivity contribution >= 4 is 17.9 Å². The molecule has 3 aromatic rings. The van der Waals surface area contributed by atoms with Gasteiger partial charge in [-0.25, -0.2) is 4.39 Å². The van der Waals surface area contributed by atoms with Gasteiger partial charge in [0, 0.05) is 6.20 Å². The summed E-state index contributed by atoms with van der Waals surface area (Å²) in [6.45, 7) is 0.298. The summed E-state index contributed by atoms with van der Waals surface area (Å²) >= 11 is 0. The van der Waals surface area contributed by atoms with Crippen molar-refractivity contribution in [3.05, 3.63) is 108 Å². The molecule has 0 saturated heterocycles. The molecule has 0 amide bonds. The molecule has 3 rings (SSSR count). The summed E-state index contributed by atoms with van der Waals surface area (Å²) in [6, 6.07) is 19.3. The quantitative estimate of drug-likeness (QED) is 0.344. The number of nitrogens with zero attached hydrogens (tertiary/aromatic N) is 2. The molecule has 0 spiro atoms. The molecule has 0 saturated carbocycles. The van der Waals surface area contributed by atoms with Gasteiger partial charge >= 0.3 is 0 Å². The molecule has 0 aliphatic heterocycles. The van der Waals surface area contributed by atoms with Gasteiger partial charge in [0.1, 0.15) is 23.9 Å². The Bertz CT molecular complexity index is 981. The topological polar surface area (TPSA) is 54.7 Å². The highest BCUT2D eigenvalue weighted by Crippen LogP contribution is 2.15. The van der Waals surface area contributed by atoms with Gasteiger partial charge < -0.3 is 9.94 Å². The lowest BCUT2D eigenvalue weighted by atomic mass is 10.1. The second kappa shape index (κ2) is 9.83. The van der Waals surface area contributed by atoms with E-state index in [-0.39, 0.29) is 5.82 Å². The third-order valence-electron chi connectivity index (χ3n) is 3.85. The summed E-state index contributed by atoms with van der Waals surface area (Å²) in [4.78, 5) is 4.17. The lowest BCUT2D eigenvalue weighted by molar-refractivity contribution is 0.305. The maximum atomic E-state index is 13.2. The molecule has 140 valence electrons. The summed E-state index contributed by atoms with van der Waals surface area (Å²) < 4.78 is 18.8. The number of hydrogen-bond acceptors (Lipinski definition) is 4. The van der Waals surface area contributed by atoms with Crippen molar-refractivity contribution in [2.75, 3.05) is 0 Å². The van der Waals surface area contributed by atoms with Crippen molar-refractivity contribution in [2.24, 2.45) is 5.16 Å². The predicted molar refractivity (Wildman–Crippen MR) is 109 cm³/mol. The Labute approximate surface area is 162 Å². The first-order chi connectivity index (χ1) is 13.7. The molecule has 4 nitrogen and oxygen atoms in total. The van der Waals surface area contributed by atoms with Crippen molar-refractivity contribution in [1.82, 2.24) is 4.98 Å². The van der Waals surface area contributed by atoms with Crippen molar-refractivity contribution in [3.8, 4) is 5.75 Å². The Kier molecular flexibility index (Phi) is 6.68. The molecule has 2 aromatic carbocycles. The van der Waals surface area contributed by atoms with Crippen LogP contribution in [0.3, 0.4) is 0 Å². The van der Waals surface area contributed by atoms with Gasteiger partial charge in [0.2, 0.25) is 0 Å². The number of aromatic nitrogens is 1. The molecule has 5 heteroatoms. The van der Waals surface area contributed by atoms with E-state index in [1.54, 1.807) is 30.5 Å². The number of hydrogen-bond donors (Lipinski definition) is 1. The van der Waals surface area contributed by atoms with E-state index in [1.807, 2.05) is 54.6 Å². The minimum absolute atomic E-state index is 0.278. The molecule has 0 bridgehead atoms. The fraction of sp³-hybridized carbons (Fsp3) is 0.0435. The highest BCUT2D eigenvalue weighted by Gasteiger charge is 1.98. The van der Waals surface area contributed by atoms with Crippen LogP contribution < -0.4 is 4.74 Å². The van der Waals surface area contributed by atoms with Crippen LogP contribution in [-0.2, 0) is 6.61 Å². The molecule has 28 heavy (non-hydrogen) atoms. The van der Waals surface area contributed by atoms with Crippen LogP contribution in [0.25, 0.3) is 12.2 Å². The average Bonchev–Trinajstić information content (AvgIpc) is 2.74. The molecule has 1 N–H and O–H groups in total. The first-order valence-electron chi connectivity index (χ1n) is 8.69. The van der Waals surface area contributed by atoms with Gasteiger partial charge in [0.05, 0.1) is 5.69 Å². The first kappa shape index (κ1) is 19.0. The van der Waals surface area contributed by atoms with Gasteiger partial charge in [0.25, 0.3) is 0 Å². The van der Waals surface area contributed by atoms with E-state index in [9.17, 15) is 4.39 Å². The van der Waals surface area contributed by atoms with E-state index in [0.29, 0.717) is 18.1 Å². The zero-order valence-corrected chi connectivity index (χ0v) is 15.1. The van der Waals surface area contributed by atoms with E-state index >= 15 is 0 Å². The number of rotatable bonds is 7. The molecule has 1 aromatic heterocycles. The second-order valence-electron chi connectivity index (χ2n) is 5.93. The lowest BCUT2D eigenvalue weighted by Gasteiger charge is -2.06. The third kappa shape index (κ3) is 5.92. The summed E-state index contributed by atoms with van der Waals surface area (Å²) in [5, 5.41) is 12.4. The van der Waals surface area contributed by atoms with E-state index in [1.165, 1.54) is 12.1 Å². The summed E-state index contributed by atoms with van der Waals surface area (Å²) in [5.74, 6) is 0.410. The van der Waals surface area contributed by atoms with E-state index in [0.717, 1.165) is 16.8 Å². The number of ether oxygens (including phenoxy) is 1. The molecule has 0 aliphatic carbocycles. The highest BCUT2D eigenvalue weighted by molar-refractivity contribution is 6.08. The van der Waals surface area contributed by atoms with Crippen molar-refractivity contribution in [2.45, 2.75) is 6.61 Å². The van der Waals surface area contributed by atoms with Crippen molar-refractivity contribution in [3.63, 3.8) is 0 Å². The predicted octanol–water partition coefficient (Wildman–Crippen LogP) is 5.36. The fourth-order valence-electron chi connectivity index (χ4n) is 2.42. The lowest BCUT2D eigenvalue weighted by Crippen LogP contribution is -1.95. The SMILES string of the molecule is ON=C(C=Cc1ccc(OCc2cccc(F)c2)cc1)C=Cc1ccccn1. The number of oxime groups is 1. The zero-order chi connectivity index (χ0) is 19.6. The minimum Gasteiger partial charge on any atom is -0.489 e. The smallest absolute Gasteiger partial charge is 0.123 e. The van der Waals surface area contributed by atoms with Crippen molar-refractivity contribution in [1.29, 1.82) is 0 Å². The minimum atomic E-state index is -0.278. The highest BCUT2D eigenvalue weighted by atomic mass is 19.1. The van der Waals surface area contributed by atoms with Crippen LogP contribution in [0.15, 0.2) is 90.2 Å². The van der Waals surface area contributed by atoms with E-state index in [4.69, 9.17) is 9.94 Å². The van der Waals surface area contributed by atoms with Crippen LogP contribution in [0.1, 0.15) is 16.8 Å². The monoisotopic (exact) mass is 374 g/mol. The number of halogens is 1. The Hall–Kier alpha value is -3.73. The van der Waals surface area contributed by atoms with Crippen molar-refractivity contribution < 1.29 is 14.3 Å². The van der Waals surface area contributed by atoms with E-state index < -0.39 is 0 Å². The molecule has 0 atom stereocenters. The Morgan fingerprint density at radius 3 is 2.54 bits per heavy atom. The zero-order valence-electron chi connectivity index (χ0n) is 15.1. The second-order valence-corrected chi connectivity index (χ2v) is 5.93. The van der Waals surface area contributed by atoms with Gasteiger partial charge in [0.15, 0.2) is 0 Å². The summed E-state index contributed by atoms with van der Waals surface area (Å²) in [6.07, 6.45) is 8.66. The Balaban J connectivity index is 1.57. The van der Waals surface area contributed by atoms with Gasteiger partial charge in [-0.2, -0.15) is 0 Å². The molecule has 1 heterocycles. The molecular formula is C23H19FN2O2. The number of pyridine rings is 1. The molecule has 0 unspecified atom stereocenters. The summed E-state index contributed by atoms with van der Waals surface area (Å²) in [5.41, 5.74) is 2.87.